The third kappa shape index (κ3) is 5.27. The van der Waals surface area contributed by atoms with Crippen molar-refractivity contribution in [1.82, 2.24) is 4.90 Å². The zero-order chi connectivity index (χ0) is 19.1. The van der Waals surface area contributed by atoms with Crippen molar-refractivity contribution in [2.45, 2.75) is 26.2 Å². The van der Waals surface area contributed by atoms with Gasteiger partial charge in [-0.25, -0.2) is 4.79 Å². The molecule has 0 aromatic heterocycles. The molecule has 0 bridgehead atoms. The van der Waals surface area contributed by atoms with Crippen LogP contribution < -0.4 is 4.74 Å². The van der Waals surface area contributed by atoms with Gasteiger partial charge in [-0.15, -0.1) is 0 Å². The normalized spacial score (nSPS) is 11.7. The summed E-state index contributed by atoms with van der Waals surface area (Å²) in [5, 5.41) is 0. The predicted octanol–water partition coefficient (Wildman–Crippen LogP) is 3.49. The maximum Gasteiger partial charge on any atom is 0.387 e. The summed E-state index contributed by atoms with van der Waals surface area (Å²) in [5.41, 5.74) is 0.760. The predicted molar refractivity (Wildman–Crippen MR) is 90.9 cm³/mol. The van der Waals surface area contributed by atoms with Gasteiger partial charge in [-0.2, -0.15) is 8.78 Å². The van der Waals surface area contributed by atoms with E-state index < -0.39 is 24.6 Å². The Morgan fingerprint density at radius 1 is 1.04 bits per heavy atom. The number of alkyl halides is 2. The van der Waals surface area contributed by atoms with Gasteiger partial charge in [0.25, 0.3) is 5.91 Å². The van der Waals surface area contributed by atoms with Crippen molar-refractivity contribution < 1.29 is 27.8 Å². The SMILES string of the molecule is CC(OC(=O)c1ccccc1OC(F)F)C(=O)N(C)Cc1ccccc1. The molecule has 2 aromatic rings. The molecule has 1 amide bonds. The smallest absolute Gasteiger partial charge is 0.387 e. The second kappa shape index (κ2) is 8.94. The molecule has 0 fully saturated rings. The number of amides is 1. The first-order chi connectivity index (χ1) is 12.4. The lowest BCUT2D eigenvalue weighted by Gasteiger charge is -2.22. The molecule has 0 aliphatic carbocycles. The minimum absolute atomic E-state index is 0.168. The first-order valence-electron chi connectivity index (χ1n) is 7.92. The molecule has 2 rings (SSSR count). The summed E-state index contributed by atoms with van der Waals surface area (Å²) in [5.74, 6) is -1.62. The summed E-state index contributed by atoms with van der Waals surface area (Å²) in [6, 6.07) is 14.8. The number of nitrogens with zero attached hydrogens (tertiary/aromatic N) is 1. The van der Waals surface area contributed by atoms with Gasteiger partial charge in [-0.1, -0.05) is 42.5 Å². The van der Waals surface area contributed by atoms with E-state index in [1.807, 2.05) is 30.3 Å². The number of para-hydroxylation sites is 1. The number of rotatable bonds is 7. The number of carbonyl (C=O) groups excluding carboxylic acids is 2. The highest BCUT2D eigenvalue weighted by atomic mass is 19.3. The van der Waals surface area contributed by atoms with Crippen LogP contribution in [0.5, 0.6) is 5.75 Å². The van der Waals surface area contributed by atoms with E-state index in [-0.39, 0.29) is 11.3 Å². The van der Waals surface area contributed by atoms with Crippen molar-refractivity contribution >= 4 is 11.9 Å². The van der Waals surface area contributed by atoms with Crippen molar-refractivity contribution in [3.05, 3.63) is 65.7 Å². The first kappa shape index (κ1) is 19.4. The second-order valence-electron chi connectivity index (χ2n) is 5.60. The molecular formula is C19H19F2NO4. The van der Waals surface area contributed by atoms with Crippen LogP contribution in [0.4, 0.5) is 8.78 Å². The average Bonchev–Trinajstić information content (AvgIpc) is 2.61. The highest BCUT2D eigenvalue weighted by molar-refractivity contribution is 5.94. The molecule has 0 spiro atoms. The number of esters is 1. The lowest BCUT2D eigenvalue weighted by Crippen LogP contribution is -2.37. The van der Waals surface area contributed by atoms with Gasteiger partial charge in [0.15, 0.2) is 6.10 Å². The molecule has 0 aliphatic rings. The third-order valence-electron chi connectivity index (χ3n) is 3.59. The van der Waals surface area contributed by atoms with Crippen molar-refractivity contribution in [2.24, 2.45) is 0 Å². The molecule has 26 heavy (non-hydrogen) atoms. The van der Waals surface area contributed by atoms with Gasteiger partial charge in [0, 0.05) is 13.6 Å². The zero-order valence-corrected chi connectivity index (χ0v) is 14.4. The van der Waals surface area contributed by atoms with E-state index >= 15 is 0 Å². The number of halogens is 2. The van der Waals surface area contributed by atoms with Crippen LogP contribution in [0, 0.1) is 0 Å². The van der Waals surface area contributed by atoms with Gasteiger partial charge in [0.1, 0.15) is 11.3 Å². The van der Waals surface area contributed by atoms with E-state index in [2.05, 4.69) is 4.74 Å². The standard InChI is InChI=1S/C19H19F2NO4/c1-13(17(23)22(2)12-14-8-4-3-5-9-14)25-18(24)15-10-6-7-11-16(15)26-19(20)21/h3-11,13,19H,12H2,1-2H3. The number of hydrogen-bond donors (Lipinski definition) is 0. The van der Waals surface area contributed by atoms with Crippen LogP contribution in [0.15, 0.2) is 54.6 Å². The second-order valence-corrected chi connectivity index (χ2v) is 5.60. The highest BCUT2D eigenvalue weighted by Crippen LogP contribution is 2.21. The van der Waals surface area contributed by atoms with Gasteiger partial charge in [-0.3, -0.25) is 4.79 Å². The molecule has 0 N–H and O–H groups in total. The van der Waals surface area contributed by atoms with E-state index in [9.17, 15) is 18.4 Å². The van der Waals surface area contributed by atoms with Crippen molar-refractivity contribution in [3.63, 3.8) is 0 Å². The molecule has 138 valence electrons. The van der Waals surface area contributed by atoms with Crippen molar-refractivity contribution in [2.75, 3.05) is 7.05 Å². The molecule has 0 heterocycles. The topological polar surface area (TPSA) is 55.8 Å². The minimum atomic E-state index is -3.07. The van der Waals surface area contributed by atoms with Crippen LogP contribution in [0.3, 0.4) is 0 Å². The molecule has 0 aliphatic heterocycles. The van der Waals surface area contributed by atoms with Crippen LogP contribution in [0.1, 0.15) is 22.8 Å². The number of likely N-dealkylation sites (N-methyl/N-ethyl adjacent to an activating group) is 1. The molecule has 1 atom stereocenters. The number of benzene rings is 2. The molecule has 5 nitrogen and oxygen atoms in total. The number of hydrogen-bond acceptors (Lipinski definition) is 4. The average molecular weight is 363 g/mol. The lowest BCUT2D eigenvalue weighted by molar-refractivity contribution is -0.139. The maximum atomic E-state index is 12.4. The van der Waals surface area contributed by atoms with Crippen LogP contribution in [-0.2, 0) is 16.1 Å². The van der Waals surface area contributed by atoms with Crippen LogP contribution in [0.25, 0.3) is 0 Å². The van der Waals surface area contributed by atoms with E-state index in [1.165, 1.54) is 36.1 Å². The van der Waals surface area contributed by atoms with Crippen LogP contribution in [0.2, 0.25) is 0 Å². The molecule has 0 radical (unpaired) electrons. The van der Waals surface area contributed by atoms with Crippen molar-refractivity contribution in [3.8, 4) is 5.75 Å². The molecule has 2 aromatic carbocycles. The quantitative estimate of drug-likeness (QED) is 0.707. The Kier molecular flexibility index (Phi) is 6.66. The fourth-order valence-corrected chi connectivity index (χ4v) is 2.35. The summed E-state index contributed by atoms with van der Waals surface area (Å²) in [4.78, 5) is 26.0. The summed E-state index contributed by atoms with van der Waals surface area (Å²) in [6.45, 7) is -1.29. The summed E-state index contributed by atoms with van der Waals surface area (Å²) in [6.07, 6.45) is -1.07. The largest absolute Gasteiger partial charge is 0.449 e. The number of carbonyl (C=O) groups is 2. The van der Waals surface area contributed by atoms with Gasteiger partial charge < -0.3 is 14.4 Å². The fraction of sp³-hybridized carbons (Fsp3) is 0.263. The Bertz CT molecular complexity index is 752. The van der Waals surface area contributed by atoms with Gasteiger partial charge in [0.05, 0.1) is 0 Å². The monoisotopic (exact) mass is 363 g/mol. The van der Waals surface area contributed by atoms with Crippen LogP contribution in [-0.4, -0.2) is 36.5 Å². The van der Waals surface area contributed by atoms with E-state index in [0.717, 1.165) is 5.56 Å². The maximum absolute atomic E-state index is 12.4. The van der Waals surface area contributed by atoms with Crippen molar-refractivity contribution in [1.29, 1.82) is 0 Å². The molecule has 0 saturated heterocycles. The Hall–Kier alpha value is -2.96. The molecule has 7 heteroatoms. The van der Waals surface area contributed by atoms with Gasteiger partial charge in [-0.05, 0) is 24.6 Å². The summed E-state index contributed by atoms with van der Waals surface area (Å²) in [7, 11) is 1.59. The minimum Gasteiger partial charge on any atom is -0.449 e. The van der Waals surface area contributed by atoms with E-state index in [1.54, 1.807) is 7.05 Å². The first-order valence-corrected chi connectivity index (χ1v) is 7.92. The molecular weight excluding hydrogens is 344 g/mol. The molecule has 0 saturated carbocycles. The van der Waals surface area contributed by atoms with E-state index in [0.29, 0.717) is 6.54 Å². The Morgan fingerprint density at radius 2 is 1.65 bits per heavy atom. The number of ether oxygens (including phenoxy) is 2. The fourth-order valence-electron chi connectivity index (χ4n) is 2.35. The summed E-state index contributed by atoms with van der Waals surface area (Å²) >= 11 is 0. The van der Waals surface area contributed by atoms with E-state index in [4.69, 9.17) is 4.74 Å². The summed E-state index contributed by atoms with van der Waals surface area (Å²) < 4.78 is 34.3. The Balaban J connectivity index is 2.01. The highest BCUT2D eigenvalue weighted by Gasteiger charge is 2.24. The Labute approximate surface area is 150 Å². The lowest BCUT2D eigenvalue weighted by atomic mass is 10.2. The molecule has 1 unspecified atom stereocenters. The van der Waals surface area contributed by atoms with Gasteiger partial charge in [0.2, 0.25) is 0 Å². The zero-order valence-electron chi connectivity index (χ0n) is 14.4. The van der Waals surface area contributed by atoms with Gasteiger partial charge >= 0.3 is 12.6 Å². The van der Waals surface area contributed by atoms with Crippen LogP contribution >= 0.6 is 0 Å². The third-order valence-corrected chi connectivity index (χ3v) is 3.59. The Morgan fingerprint density at radius 3 is 2.31 bits per heavy atom.